The normalized spacial score (nSPS) is 23.4. The third kappa shape index (κ3) is 2.50. The molecule has 3 rings (SSSR count). The minimum absolute atomic E-state index is 0.433. The molecule has 1 saturated carbocycles. The maximum Gasteiger partial charge on any atom is 0.120 e. The fraction of sp³-hybridized carbons (Fsp3) is 0.571. The molecular weight excluding hydrogens is 278 g/mol. The molecule has 2 aliphatic rings. The minimum Gasteiger partial charge on any atom is -0.490 e. The van der Waals surface area contributed by atoms with Crippen LogP contribution in [0.2, 0.25) is 0 Å². The Kier molecular flexibility index (Phi) is 3.14. The van der Waals surface area contributed by atoms with E-state index in [2.05, 4.69) is 21.2 Å². The number of nitrogens with one attached hydrogen (secondary N) is 1. The molecular formula is C14H18BrNO. The summed E-state index contributed by atoms with van der Waals surface area (Å²) in [5.74, 6) is 0.994. The summed E-state index contributed by atoms with van der Waals surface area (Å²) < 4.78 is 7.10. The average Bonchev–Trinajstić information content (AvgIpc) is 2.28. The van der Waals surface area contributed by atoms with Crippen molar-refractivity contribution in [2.75, 3.05) is 13.1 Å². The molecule has 1 spiro atoms. The second kappa shape index (κ2) is 4.62. The molecule has 0 aromatic heterocycles. The third-order valence-corrected chi connectivity index (χ3v) is 4.58. The lowest BCUT2D eigenvalue weighted by atomic mass is 9.62. The monoisotopic (exact) mass is 295 g/mol. The zero-order valence-corrected chi connectivity index (χ0v) is 11.5. The van der Waals surface area contributed by atoms with Crippen LogP contribution >= 0.6 is 15.9 Å². The molecule has 1 N–H and O–H groups in total. The SMILES string of the molecule is Brc1cccc(OC2CC3(CCNCC3)C2)c1. The molecule has 0 amide bonds. The van der Waals surface area contributed by atoms with Crippen LogP contribution in [0.5, 0.6) is 5.75 Å². The lowest BCUT2D eigenvalue weighted by Gasteiger charge is -2.49. The zero-order valence-electron chi connectivity index (χ0n) is 9.92. The van der Waals surface area contributed by atoms with Gasteiger partial charge in [-0.2, -0.15) is 0 Å². The van der Waals surface area contributed by atoms with Gasteiger partial charge in [-0.15, -0.1) is 0 Å². The highest BCUT2D eigenvalue weighted by molar-refractivity contribution is 9.10. The summed E-state index contributed by atoms with van der Waals surface area (Å²) in [6.07, 6.45) is 5.56. The van der Waals surface area contributed by atoms with Crippen LogP contribution in [0.3, 0.4) is 0 Å². The number of halogens is 1. The quantitative estimate of drug-likeness (QED) is 0.903. The fourth-order valence-corrected chi connectivity index (χ4v) is 3.47. The molecule has 92 valence electrons. The van der Waals surface area contributed by atoms with Crippen LogP contribution in [0.25, 0.3) is 0 Å². The summed E-state index contributed by atoms with van der Waals surface area (Å²) in [4.78, 5) is 0. The maximum absolute atomic E-state index is 6.01. The molecule has 0 atom stereocenters. The van der Waals surface area contributed by atoms with Gasteiger partial charge >= 0.3 is 0 Å². The van der Waals surface area contributed by atoms with Gasteiger partial charge in [0.1, 0.15) is 5.75 Å². The average molecular weight is 296 g/mol. The molecule has 3 heteroatoms. The Hall–Kier alpha value is -0.540. The van der Waals surface area contributed by atoms with E-state index in [9.17, 15) is 0 Å². The van der Waals surface area contributed by atoms with E-state index < -0.39 is 0 Å². The summed E-state index contributed by atoms with van der Waals surface area (Å²) in [7, 11) is 0. The molecule has 0 unspecified atom stereocenters. The Balaban J connectivity index is 1.55. The fourth-order valence-electron chi connectivity index (χ4n) is 3.09. The van der Waals surface area contributed by atoms with Crippen molar-refractivity contribution in [1.29, 1.82) is 0 Å². The van der Waals surface area contributed by atoms with Crippen LogP contribution in [-0.4, -0.2) is 19.2 Å². The van der Waals surface area contributed by atoms with Gasteiger partial charge in [-0.1, -0.05) is 22.0 Å². The third-order valence-electron chi connectivity index (χ3n) is 4.08. The molecule has 2 nitrogen and oxygen atoms in total. The van der Waals surface area contributed by atoms with Gasteiger partial charge < -0.3 is 10.1 Å². The molecule has 0 radical (unpaired) electrons. The minimum atomic E-state index is 0.433. The summed E-state index contributed by atoms with van der Waals surface area (Å²) >= 11 is 3.47. The van der Waals surface area contributed by atoms with E-state index >= 15 is 0 Å². The van der Waals surface area contributed by atoms with Crippen molar-refractivity contribution in [3.8, 4) is 5.75 Å². The summed E-state index contributed by atoms with van der Waals surface area (Å²) in [5, 5.41) is 3.43. The van der Waals surface area contributed by atoms with Crippen LogP contribution in [0.4, 0.5) is 0 Å². The highest BCUT2D eigenvalue weighted by Crippen LogP contribution is 2.49. The molecule has 1 saturated heterocycles. The van der Waals surface area contributed by atoms with Crippen LogP contribution in [0, 0.1) is 5.41 Å². The van der Waals surface area contributed by atoms with Crippen molar-refractivity contribution in [1.82, 2.24) is 5.32 Å². The van der Waals surface area contributed by atoms with Crippen molar-refractivity contribution in [3.63, 3.8) is 0 Å². The highest BCUT2D eigenvalue weighted by atomic mass is 79.9. The summed E-state index contributed by atoms with van der Waals surface area (Å²) in [5.41, 5.74) is 0.599. The lowest BCUT2D eigenvalue weighted by molar-refractivity contribution is -0.0347. The van der Waals surface area contributed by atoms with Crippen molar-refractivity contribution in [3.05, 3.63) is 28.7 Å². The Bertz CT molecular complexity index is 393. The van der Waals surface area contributed by atoms with E-state index in [0.717, 1.165) is 10.2 Å². The number of hydrogen-bond acceptors (Lipinski definition) is 2. The van der Waals surface area contributed by atoms with Crippen molar-refractivity contribution in [2.45, 2.75) is 31.8 Å². The first kappa shape index (κ1) is 11.5. The second-order valence-electron chi connectivity index (χ2n) is 5.36. The van der Waals surface area contributed by atoms with Gasteiger partial charge in [0, 0.05) is 4.47 Å². The molecule has 1 aliphatic carbocycles. The first-order valence-corrected chi connectivity index (χ1v) is 7.18. The smallest absolute Gasteiger partial charge is 0.120 e. The molecule has 1 heterocycles. The second-order valence-corrected chi connectivity index (χ2v) is 6.27. The molecule has 1 aromatic carbocycles. The van der Waals surface area contributed by atoms with Crippen LogP contribution in [0.1, 0.15) is 25.7 Å². The zero-order chi connectivity index (χ0) is 11.7. The van der Waals surface area contributed by atoms with E-state index in [0.29, 0.717) is 11.5 Å². The van der Waals surface area contributed by atoms with Gasteiger partial charge in [-0.25, -0.2) is 0 Å². The Morgan fingerprint density at radius 1 is 1.24 bits per heavy atom. The van der Waals surface area contributed by atoms with Gasteiger partial charge in [0.05, 0.1) is 6.10 Å². The number of piperidine rings is 1. The van der Waals surface area contributed by atoms with Crippen molar-refractivity contribution < 1.29 is 4.74 Å². The van der Waals surface area contributed by atoms with E-state index in [1.807, 2.05) is 24.3 Å². The largest absolute Gasteiger partial charge is 0.490 e. The van der Waals surface area contributed by atoms with Gasteiger partial charge in [-0.3, -0.25) is 0 Å². The molecule has 1 aromatic rings. The lowest BCUT2D eigenvalue weighted by Crippen LogP contribution is -2.49. The Morgan fingerprint density at radius 3 is 2.71 bits per heavy atom. The molecule has 2 fully saturated rings. The number of benzene rings is 1. The number of ether oxygens (including phenoxy) is 1. The van der Waals surface area contributed by atoms with E-state index in [-0.39, 0.29) is 0 Å². The molecule has 1 aliphatic heterocycles. The van der Waals surface area contributed by atoms with Crippen LogP contribution in [-0.2, 0) is 0 Å². The molecule has 0 bridgehead atoms. The van der Waals surface area contributed by atoms with Crippen molar-refractivity contribution >= 4 is 15.9 Å². The van der Waals surface area contributed by atoms with Gasteiger partial charge in [-0.05, 0) is 62.4 Å². The molecule has 17 heavy (non-hydrogen) atoms. The van der Waals surface area contributed by atoms with Gasteiger partial charge in [0.2, 0.25) is 0 Å². The first-order chi connectivity index (χ1) is 8.26. The van der Waals surface area contributed by atoms with E-state index in [4.69, 9.17) is 4.74 Å². The predicted octanol–water partition coefficient (Wildman–Crippen LogP) is 3.36. The van der Waals surface area contributed by atoms with Gasteiger partial charge in [0.15, 0.2) is 0 Å². The van der Waals surface area contributed by atoms with Crippen LogP contribution < -0.4 is 10.1 Å². The van der Waals surface area contributed by atoms with Crippen molar-refractivity contribution in [2.24, 2.45) is 5.41 Å². The standard InChI is InChI=1S/C14H18BrNO/c15-11-2-1-3-12(8-11)17-13-9-14(10-13)4-6-16-7-5-14/h1-3,8,13,16H,4-7,9-10H2. The number of hydrogen-bond donors (Lipinski definition) is 1. The predicted molar refractivity (Wildman–Crippen MR) is 72.3 cm³/mol. The topological polar surface area (TPSA) is 21.3 Å². The summed E-state index contributed by atoms with van der Waals surface area (Å²) in [6, 6.07) is 8.14. The number of rotatable bonds is 2. The summed E-state index contributed by atoms with van der Waals surface area (Å²) in [6.45, 7) is 2.37. The highest BCUT2D eigenvalue weighted by Gasteiger charge is 2.45. The van der Waals surface area contributed by atoms with Gasteiger partial charge in [0.25, 0.3) is 0 Å². The maximum atomic E-state index is 6.01. The van der Waals surface area contributed by atoms with Crippen LogP contribution in [0.15, 0.2) is 28.7 Å². The van der Waals surface area contributed by atoms with E-state index in [1.54, 1.807) is 0 Å². The Labute approximate surface area is 111 Å². The first-order valence-electron chi connectivity index (χ1n) is 6.39. The van der Waals surface area contributed by atoms with E-state index in [1.165, 1.54) is 38.8 Å². The Morgan fingerprint density at radius 2 is 2.00 bits per heavy atom.